The Hall–Kier alpha value is -0.900. The monoisotopic (exact) mass is 491 g/mol. The second-order valence-corrected chi connectivity index (χ2v) is 7.54. The summed E-state index contributed by atoms with van der Waals surface area (Å²) in [7, 11) is 0. The predicted molar refractivity (Wildman–Crippen MR) is 123 cm³/mol. The number of aromatic nitrogens is 3. The van der Waals surface area contributed by atoms with Gasteiger partial charge in [0, 0.05) is 44.7 Å². The molecule has 1 aliphatic rings. The highest BCUT2D eigenvalue weighted by Crippen LogP contribution is 2.14. The third-order valence-electron chi connectivity index (χ3n) is 4.90. The Labute approximate surface area is 181 Å². The zero-order valence-electron chi connectivity index (χ0n) is 17.7. The van der Waals surface area contributed by atoms with Crippen LogP contribution >= 0.6 is 24.0 Å². The summed E-state index contributed by atoms with van der Waals surface area (Å²) in [6.07, 6.45) is 4.74. The molecule has 0 saturated carbocycles. The smallest absolute Gasteiger partial charge is 0.191 e. The van der Waals surface area contributed by atoms with E-state index in [-0.39, 0.29) is 24.0 Å². The topological polar surface area (TPSA) is 70.4 Å². The van der Waals surface area contributed by atoms with Crippen molar-refractivity contribution in [3.63, 3.8) is 0 Å². The van der Waals surface area contributed by atoms with E-state index >= 15 is 0 Å². The average molecular weight is 491 g/mol. The fraction of sp³-hybridized carbons (Fsp3) is 0.842. The molecule has 27 heavy (non-hydrogen) atoms. The third-order valence-corrected chi connectivity index (χ3v) is 4.90. The molecule has 0 bridgehead atoms. The SMILES string of the molecule is CCNC(=NCc1nnc2n1CCCCC2)NCCN(C(C)C)C(C)C.I. The number of aryl methyl sites for hydroxylation is 1. The first-order valence-corrected chi connectivity index (χ1v) is 10.2. The summed E-state index contributed by atoms with van der Waals surface area (Å²) in [5, 5.41) is 15.5. The van der Waals surface area contributed by atoms with Crippen molar-refractivity contribution in [1.29, 1.82) is 0 Å². The lowest BCUT2D eigenvalue weighted by Crippen LogP contribution is -2.45. The zero-order chi connectivity index (χ0) is 18.9. The first kappa shape index (κ1) is 24.1. The Morgan fingerprint density at radius 1 is 1.11 bits per heavy atom. The van der Waals surface area contributed by atoms with Gasteiger partial charge in [0.25, 0.3) is 0 Å². The van der Waals surface area contributed by atoms with Crippen molar-refractivity contribution in [1.82, 2.24) is 30.3 Å². The highest BCUT2D eigenvalue weighted by atomic mass is 127. The summed E-state index contributed by atoms with van der Waals surface area (Å²) in [5.74, 6) is 2.95. The highest BCUT2D eigenvalue weighted by Gasteiger charge is 2.15. The van der Waals surface area contributed by atoms with Gasteiger partial charge in [-0.2, -0.15) is 0 Å². The van der Waals surface area contributed by atoms with Gasteiger partial charge >= 0.3 is 0 Å². The standard InChI is InChI=1S/C19H37N7.HI/c1-6-20-19(21-11-13-25(15(2)3)16(4)5)22-14-18-24-23-17-10-8-7-9-12-26(17)18;/h15-16H,6-14H2,1-5H3,(H2,20,21,22);1H. The molecule has 1 aliphatic heterocycles. The molecule has 8 heteroatoms. The van der Waals surface area contributed by atoms with Gasteiger partial charge in [0.15, 0.2) is 11.8 Å². The van der Waals surface area contributed by atoms with Crippen LogP contribution in [-0.2, 0) is 19.5 Å². The average Bonchev–Trinajstić information content (AvgIpc) is 2.82. The number of aliphatic imine (C=N–C) groups is 1. The summed E-state index contributed by atoms with van der Waals surface area (Å²) in [5.41, 5.74) is 0. The van der Waals surface area contributed by atoms with Crippen molar-refractivity contribution in [2.45, 2.75) is 85.5 Å². The quantitative estimate of drug-likeness (QED) is 0.333. The number of nitrogens with zero attached hydrogens (tertiary/aromatic N) is 5. The van der Waals surface area contributed by atoms with Crippen molar-refractivity contribution in [3.05, 3.63) is 11.6 Å². The number of nitrogens with one attached hydrogen (secondary N) is 2. The summed E-state index contributed by atoms with van der Waals surface area (Å²) in [4.78, 5) is 7.21. The molecule has 156 valence electrons. The molecular weight excluding hydrogens is 453 g/mol. The maximum Gasteiger partial charge on any atom is 0.191 e. The first-order valence-electron chi connectivity index (χ1n) is 10.2. The lowest BCUT2D eigenvalue weighted by atomic mass is 10.2. The van der Waals surface area contributed by atoms with Crippen LogP contribution in [0.25, 0.3) is 0 Å². The molecule has 0 amide bonds. The van der Waals surface area contributed by atoms with Gasteiger partial charge in [-0.25, -0.2) is 4.99 Å². The number of hydrogen-bond acceptors (Lipinski definition) is 4. The molecular formula is C19H38IN7. The molecule has 1 aromatic rings. The second kappa shape index (κ2) is 12.5. The van der Waals surface area contributed by atoms with Crippen LogP contribution in [0.4, 0.5) is 0 Å². The number of fused-ring (bicyclic) bond motifs is 1. The molecule has 0 fully saturated rings. The van der Waals surface area contributed by atoms with Crippen molar-refractivity contribution >= 4 is 29.9 Å². The Morgan fingerprint density at radius 3 is 2.52 bits per heavy atom. The second-order valence-electron chi connectivity index (χ2n) is 7.54. The van der Waals surface area contributed by atoms with Gasteiger partial charge in [-0.1, -0.05) is 6.42 Å². The van der Waals surface area contributed by atoms with Crippen LogP contribution in [0.5, 0.6) is 0 Å². The van der Waals surface area contributed by atoms with Crippen LogP contribution in [0.15, 0.2) is 4.99 Å². The van der Waals surface area contributed by atoms with Gasteiger partial charge in [-0.3, -0.25) is 4.90 Å². The normalized spacial score (nSPS) is 14.9. The van der Waals surface area contributed by atoms with Gasteiger partial charge in [0.2, 0.25) is 0 Å². The van der Waals surface area contributed by atoms with E-state index in [1.807, 2.05) is 0 Å². The van der Waals surface area contributed by atoms with Crippen molar-refractivity contribution < 1.29 is 0 Å². The van der Waals surface area contributed by atoms with Crippen molar-refractivity contribution in [2.75, 3.05) is 19.6 Å². The fourth-order valence-electron chi connectivity index (χ4n) is 3.57. The molecule has 0 aliphatic carbocycles. The van der Waals surface area contributed by atoms with Crippen LogP contribution in [0.2, 0.25) is 0 Å². The summed E-state index contributed by atoms with van der Waals surface area (Å²) < 4.78 is 2.26. The molecule has 2 heterocycles. The van der Waals surface area contributed by atoms with Gasteiger partial charge < -0.3 is 15.2 Å². The zero-order valence-corrected chi connectivity index (χ0v) is 20.0. The Balaban J connectivity index is 0.00000364. The van der Waals surface area contributed by atoms with Gasteiger partial charge in [0.1, 0.15) is 12.4 Å². The number of guanidine groups is 1. The van der Waals surface area contributed by atoms with Crippen LogP contribution < -0.4 is 10.6 Å². The van der Waals surface area contributed by atoms with Crippen LogP contribution in [-0.4, -0.2) is 57.3 Å². The van der Waals surface area contributed by atoms with E-state index in [1.54, 1.807) is 0 Å². The minimum atomic E-state index is 0. The molecule has 2 N–H and O–H groups in total. The maximum absolute atomic E-state index is 4.73. The maximum atomic E-state index is 4.73. The van der Waals surface area contributed by atoms with E-state index in [0.29, 0.717) is 18.6 Å². The van der Waals surface area contributed by atoms with Crippen molar-refractivity contribution in [3.8, 4) is 0 Å². The molecule has 0 spiro atoms. The largest absolute Gasteiger partial charge is 0.357 e. The molecule has 2 rings (SSSR count). The van der Waals surface area contributed by atoms with Crippen LogP contribution in [0, 0.1) is 0 Å². The highest BCUT2D eigenvalue weighted by molar-refractivity contribution is 14.0. The van der Waals surface area contributed by atoms with Gasteiger partial charge in [0.05, 0.1) is 0 Å². The minimum Gasteiger partial charge on any atom is -0.357 e. The minimum absolute atomic E-state index is 0. The Morgan fingerprint density at radius 2 is 1.85 bits per heavy atom. The lowest BCUT2D eigenvalue weighted by Gasteiger charge is -2.30. The molecule has 0 unspecified atom stereocenters. The summed E-state index contributed by atoms with van der Waals surface area (Å²) >= 11 is 0. The fourth-order valence-corrected chi connectivity index (χ4v) is 3.57. The summed E-state index contributed by atoms with van der Waals surface area (Å²) in [6.45, 7) is 15.4. The number of halogens is 1. The van der Waals surface area contributed by atoms with Crippen molar-refractivity contribution in [2.24, 2.45) is 4.99 Å². The van der Waals surface area contributed by atoms with E-state index in [2.05, 4.69) is 64.9 Å². The van der Waals surface area contributed by atoms with Gasteiger partial charge in [-0.05, 0) is 47.5 Å². The van der Waals surface area contributed by atoms with E-state index < -0.39 is 0 Å². The number of hydrogen-bond donors (Lipinski definition) is 2. The first-order chi connectivity index (χ1) is 12.5. The van der Waals surface area contributed by atoms with E-state index in [9.17, 15) is 0 Å². The van der Waals surface area contributed by atoms with E-state index in [1.165, 1.54) is 19.3 Å². The third kappa shape index (κ3) is 7.56. The Bertz CT molecular complexity index is 560. The molecule has 0 radical (unpaired) electrons. The molecule has 0 aromatic carbocycles. The van der Waals surface area contributed by atoms with E-state index in [4.69, 9.17) is 4.99 Å². The van der Waals surface area contributed by atoms with Crippen LogP contribution in [0.3, 0.4) is 0 Å². The Kier molecular flexibility index (Phi) is 11.2. The molecule has 1 aromatic heterocycles. The molecule has 7 nitrogen and oxygen atoms in total. The molecule has 0 saturated heterocycles. The van der Waals surface area contributed by atoms with E-state index in [0.717, 1.165) is 50.2 Å². The van der Waals surface area contributed by atoms with Crippen LogP contribution in [0.1, 0.15) is 65.5 Å². The number of rotatable bonds is 8. The summed E-state index contributed by atoms with van der Waals surface area (Å²) in [6, 6.07) is 1.09. The molecule has 0 atom stereocenters. The lowest BCUT2D eigenvalue weighted by molar-refractivity contribution is 0.178. The predicted octanol–water partition coefficient (Wildman–Crippen LogP) is 2.80. The van der Waals surface area contributed by atoms with Gasteiger partial charge in [-0.15, -0.1) is 34.2 Å².